The van der Waals surface area contributed by atoms with Gasteiger partial charge in [0.15, 0.2) is 17.3 Å². The summed E-state index contributed by atoms with van der Waals surface area (Å²) in [6.45, 7) is 4.55. The zero-order valence-electron chi connectivity index (χ0n) is 21.4. The van der Waals surface area contributed by atoms with Crippen molar-refractivity contribution in [2.24, 2.45) is 5.92 Å². The number of carbonyl (C=O) groups is 2. The molecule has 3 unspecified atom stereocenters. The van der Waals surface area contributed by atoms with E-state index in [0.29, 0.717) is 29.8 Å². The Morgan fingerprint density at radius 2 is 1.89 bits per heavy atom. The molecule has 0 spiro atoms. The first kappa shape index (κ1) is 24.2. The quantitative estimate of drug-likeness (QED) is 0.561. The zero-order chi connectivity index (χ0) is 25.4. The summed E-state index contributed by atoms with van der Waals surface area (Å²) < 4.78 is 13.0. The fourth-order valence-corrected chi connectivity index (χ4v) is 5.68. The van der Waals surface area contributed by atoms with Crippen LogP contribution >= 0.6 is 0 Å². The Morgan fingerprint density at radius 1 is 1.11 bits per heavy atom. The Labute approximate surface area is 211 Å². The molecule has 1 N–H and O–H groups in total. The molecule has 0 bridgehead atoms. The van der Waals surface area contributed by atoms with Crippen LogP contribution in [0.2, 0.25) is 0 Å². The first-order chi connectivity index (χ1) is 17.4. The van der Waals surface area contributed by atoms with Gasteiger partial charge >= 0.3 is 0 Å². The highest BCUT2D eigenvalue weighted by molar-refractivity contribution is 6.01. The summed E-state index contributed by atoms with van der Waals surface area (Å²) in [4.78, 5) is 34.3. The smallest absolute Gasteiger partial charge is 0.291 e. The first-order valence-corrected chi connectivity index (χ1v) is 12.7. The maximum absolute atomic E-state index is 14.0. The lowest BCUT2D eigenvalue weighted by Gasteiger charge is -2.45. The maximum Gasteiger partial charge on any atom is 0.291 e. The average Bonchev–Trinajstić information content (AvgIpc) is 3.26. The predicted molar refractivity (Wildman–Crippen MR) is 137 cm³/mol. The van der Waals surface area contributed by atoms with Gasteiger partial charge in [0.2, 0.25) is 5.91 Å². The number of nitrogens with one attached hydrogen (secondary N) is 1. The van der Waals surface area contributed by atoms with Crippen molar-refractivity contribution in [2.45, 2.75) is 64.2 Å². The molecule has 0 saturated heterocycles. The Balaban J connectivity index is 1.58. The van der Waals surface area contributed by atoms with Crippen molar-refractivity contribution in [3.05, 3.63) is 53.9 Å². The molecule has 5 rings (SSSR count). The van der Waals surface area contributed by atoms with E-state index in [1.54, 1.807) is 19.1 Å². The number of rotatable bonds is 6. The molecule has 2 aliphatic rings. The minimum atomic E-state index is -1.13. The van der Waals surface area contributed by atoms with Gasteiger partial charge in [-0.15, -0.1) is 0 Å². The highest BCUT2D eigenvalue weighted by Gasteiger charge is 2.49. The number of imidazole rings is 1. The molecular formula is C28H34N4O4. The SMILES string of the molecule is COc1cccc(CN2C(=O)c3nc4ccccc4n3CC2(C)C(=O)NC2CCCCC2C)c1OC. The van der Waals surface area contributed by atoms with Crippen molar-refractivity contribution < 1.29 is 19.1 Å². The summed E-state index contributed by atoms with van der Waals surface area (Å²) in [5.41, 5.74) is 1.23. The second-order valence-corrected chi connectivity index (χ2v) is 10.2. The van der Waals surface area contributed by atoms with Gasteiger partial charge in [-0.3, -0.25) is 9.59 Å². The number of nitrogens with zero attached hydrogens (tertiary/aromatic N) is 3. The molecule has 1 aromatic heterocycles. The lowest BCUT2D eigenvalue weighted by molar-refractivity contribution is -0.134. The number of hydrogen-bond acceptors (Lipinski definition) is 5. The molecule has 190 valence electrons. The van der Waals surface area contributed by atoms with Crippen molar-refractivity contribution in [2.75, 3.05) is 14.2 Å². The minimum Gasteiger partial charge on any atom is -0.493 e. The van der Waals surface area contributed by atoms with E-state index in [2.05, 4.69) is 17.2 Å². The molecule has 8 heteroatoms. The lowest BCUT2D eigenvalue weighted by Crippen LogP contribution is -2.65. The number of amides is 2. The van der Waals surface area contributed by atoms with Crippen LogP contribution in [0.4, 0.5) is 0 Å². The van der Waals surface area contributed by atoms with Crippen molar-refractivity contribution >= 4 is 22.8 Å². The van der Waals surface area contributed by atoms with Crippen molar-refractivity contribution in [1.82, 2.24) is 19.8 Å². The van der Waals surface area contributed by atoms with E-state index in [4.69, 9.17) is 9.47 Å². The van der Waals surface area contributed by atoms with E-state index < -0.39 is 5.54 Å². The predicted octanol–water partition coefficient (Wildman–Crippen LogP) is 4.16. The Kier molecular flexibility index (Phi) is 6.36. The minimum absolute atomic E-state index is 0.104. The molecule has 0 radical (unpaired) electrons. The Hall–Kier alpha value is -3.55. The van der Waals surface area contributed by atoms with Gasteiger partial charge in [-0.25, -0.2) is 4.98 Å². The molecule has 3 atom stereocenters. The monoisotopic (exact) mass is 490 g/mol. The van der Waals surface area contributed by atoms with Gasteiger partial charge in [0.05, 0.1) is 38.3 Å². The van der Waals surface area contributed by atoms with Crippen LogP contribution in [-0.4, -0.2) is 52.1 Å². The van der Waals surface area contributed by atoms with E-state index in [0.717, 1.165) is 35.9 Å². The molecule has 2 amide bonds. The fraction of sp³-hybridized carbons (Fsp3) is 0.464. The molecule has 2 aromatic carbocycles. The van der Waals surface area contributed by atoms with E-state index in [9.17, 15) is 9.59 Å². The van der Waals surface area contributed by atoms with Crippen LogP contribution in [0, 0.1) is 5.92 Å². The van der Waals surface area contributed by atoms with E-state index in [-0.39, 0.29) is 24.4 Å². The van der Waals surface area contributed by atoms with Gasteiger partial charge in [-0.05, 0) is 43.9 Å². The summed E-state index contributed by atoms with van der Waals surface area (Å²) in [5.74, 6) is 1.46. The van der Waals surface area contributed by atoms with Crippen LogP contribution in [0.25, 0.3) is 11.0 Å². The number of ether oxygens (including phenoxy) is 2. The molecule has 1 saturated carbocycles. The van der Waals surface area contributed by atoms with Gasteiger partial charge in [-0.2, -0.15) is 0 Å². The van der Waals surface area contributed by atoms with Crippen LogP contribution < -0.4 is 14.8 Å². The third kappa shape index (κ3) is 3.98. The number of methoxy groups -OCH3 is 2. The van der Waals surface area contributed by atoms with Crippen LogP contribution in [0.5, 0.6) is 11.5 Å². The van der Waals surface area contributed by atoms with Crippen molar-refractivity contribution in [3.8, 4) is 11.5 Å². The van der Waals surface area contributed by atoms with Gasteiger partial charge in [0, 0.05) is 11.6 Å². The third-order valence-corrected chi connectivity index (χ3v) is 7.88. The largest absolute Gasteiger partial charge is 0.493 e. The molecule has 36 heavy (non-hydrogen) atoms. The zero-order valence-corrected chi connectivity index (χ0v) is 21.4. The molecule has 1 aliphatic heterocycles. The van der Waals surface area contributed by atoms with Gasteiger partial charge in [0.1, 0.15) is 5.54 Å². The van der Waals surface area contributed by atoms with Crippen molar-refractivity contribution in [1.29, 1.82) is 0 Å². The van der Waals surface area contributed by atoms with Crippen LogP contribution in [0.1, 0.15) is 55.7 Å². The number of para-hydroxylation sites is 3. The normalized spacial score (nSPS) is 23.9. The van der Waals surface area contributed by atoms with Crippen LogP contribution in [0.15, 0.2) is 42.5 Å². The molecule has 1 fully saturated rings. The Bertz CT molecular complexity index is 1300. The summed E-state index contributed by atoms with van der Waals surface area (Å²) >= 11 is 0. The number of fused-ring (bicyclic) bond motifs is 3. The molecule has 8 nitrogen and oxygen atoms in total. The first-order valence-electron chi connectivity index (χ1n) is 12.7. The Morgan fingerprint density at radius 3 is 2.64 bits per heavy atom. The van der Waals surface area contributed by atoms with Crippen LogP contribution in [-0.2, 0) is 17.9 Å². The third-order valence-electron chi connectivity index (χ3n) is 7.88. The molecule has 1 aliphatic carbocycles. The van der Waals surface area contributed by atoms with Crippen LogP contribution in [0.3, 0.4) is 0 Å². The number of aromatic nitrogens is 2. The summed E-state index contributed by atoms with van der Waals surface area (Å²) in [5, 5.41) is 3.31. The average molecular weight is 491 g/mol. The number of carbonyl (C=O) groups excluding carboxylic acids is 2. The second-order valence-electron chi connectivity index (χ2n) is 10.2. The molecular weight excluding hydrogens is 456 g/mol. The van der Waals surface area contributed by atoms with E-state index >= 15 is 0 Å². The second kappa shape index (κ2) is 9.48. The highest BCUT2D eigenvalue weighted by Crippen LogP contribution is 2.37. The lowest BCUT2D eigenvalue weighted by atomic mass is 9.85. The highest BCUT2D eigenvalue weighted by atomic mass is 16.5. The van der Waals surface area contributed by atoms with Gasteiger partial charge in [0.25, 0.3) is 5.91 Å². The summed E-state index contributed by atoms with van der Waals surface area (Å²) in [6, 6.07) is 13.3. The number of hydrogen-bond donors (Lipinski definition) is 1. The topological polar surface area (TPSA) is 85.7 Å². The van der Waals surface area contributed by atoms with Crippen molar-refractivity contribution in [3.63, 3.8) is 0 Å². The van der Waals surface area contributed by atoms with Gasteiger partial charge < -0.3 is 24.3 Å². The molecule has 2 heterocycles. The summed E-state index contributed by atoms with van der Waals surface area (Å²) in [6.07, 6.45) is 4.35. The maximum atomic E-state index is 14.0. The standard InChI is InChI=1S/C28H34N4O4/c1-18-10-5-6-12-20(18)30-27(34)28(2)17-31-22-14-8-7-13-21(22)29-25(31)26(33)32(28)16-19-11-9-15-23(35-3)24(19)36-4/h7-9,11,13-15,18,20H,5-6,10,12,16-17H2,1-4H3,(H,30,34). The van der Waals surface area contributed by atoms with E-state index in [1.165, 1.54) is 6.42 Å². The number of benzene rings is 2. The van der Waals surface area contributed by atoms with Gasteiger partial charge in [-0.1, -0.05) is 44.0 Å². The summed E-state index contributed by atoms with van der Waals surface area (Å²) in [7, 11) is 3.16. The van der Waals surface area contributed by atoms with E-state index in [1.807, 2.05) is 54.0 Å². The fourth-order valence-electron chi connectivity index (χ4n) is 5.68. The molecule has 3 aromatic rings.